The van der Waals surface area contributed by atoms with Gasteiger partial charge in [-0.05, 0) is 12.1 Å². The van der Waals surface area contributed by atoms with Crippen molar-refractivity contribution in [3.8, 4) is 22.0 Å². The van der Waals surface area contributed by atoms with Crippen LogP contribution in [0.5, 0.6) is 0 Å². The Balaban J connectivity index is 1.66. The summed E-state index contributed by atoms with van der Waals surface area (Å²) in [7, 11) is 0. The Morgan fingerprint density at radius 1 is 1.09 bits per heavy atom. The highest BCUT2D eigenvalue weighted by Crippen LogP contribution is 2.33. The number of hydrogen-bond acceptors (Lipinski definition) is 4. The van der Waals surface area contributed by atoms with E-state index in [1.54, 1.807) is 17.5 Å². The fourth-order valence-electron chi connectivity index (χ4n) is 2.78. The first-order valence-electron chi connectivity index (χ1n) is 7.20. The van der Waals surface area contributed by atoms with Gasteiger partial charge in [0.15, 0.2) is 0 Å². The molecule has 0 aliphatic rings. The van der Waals surface area contributed by atoms with Gasteiger partial charge in [0.05, 0.1) is 11.9 Å². The van der Waals surface area contributed by atoms with E-state index in [4.69, 9.17) is 4.98 Å². The quantitative estimate of drug-likeness (QED) is 0.535. The second-order valence-corrected chi connectivity index (χ2v) is 6.08. The molecule has 1 aromatic carbocycles. The highest BCUT2D eigenvalue weighted by Gasteiger charge is 2.13. The molecule has 4 heterocycles. The molecular formula is C17H11N5S. The van der Waals surface area contributed by atoms with Crippen LogP contribution in [-0.4, -0.2) is 24.3 Å². The van der Waals surface area contributed by atoms with Gasteiger partial charge in [0.2, 0.25) is 5.78 Å². The Kier molecular flexibility index (Phi) is 2.59. The first kappa shape index (κ1) is 12.5. The number of nitrogens with zero attached hydrogens (tertiary/aromatic N) is 4. The van der Waals surface area contributed by atoms with Crippen molar-refractivity contribution in [1.82, 2.24) is 24.3 Å². The molecule has 0 aliphatic carbocycles. The Hall–Kier alpha value is -2.99. The summed E-state index contributed by atoms with van der Waals surface area (Å²) >= 11 is 1.64. The number of imidazole rings is 1. The van der Waals surface area contributed by atoms with Crippen LogP contribution in [0.15, 0.2) is 60.5 Å². The van der Waals surface area contributed by atoms with Gasteiger partial charge >= 0.3 is 0 Å². The van der Waals surface area contributed by atoms with Crippen molar-refractivity contribution in [2.24, 2.45) is 0 Å². The van der Waals surface area contributed by atoms with Crippen molar-refractivity contribution in [1.29, 1.82) is 0 Å². The number of aromatic amines is 1. The van der Waals surface area contributed by atoms with E-state index in [1.165, 1.54) is 5.39 Å². The standard InChI is InChI=1S/C17H11N5S/c1-2-5-13-11(4-1)12(8-19-13)16-21-14(10-23-16)15-9-20-17-18-6-3-7-22(15)17/h1-10,19H. The molecule has 110 valence electrons. The number of hydrogen-bond donors (Lipinski definition) is 1. The summed E-state index contributed by atoms with van der Waals surface area (Å²) in [5, 5.41) is 4.25. The second-order valence-electron chi connectivity index (χ2n) is 5.22. The van der Waals surface area contributed by atoms with Crippen LogP contribution < -0.4 is 0 Å². The smallest absolute Gasteiger partial charge is 0.234 e. The maximum absolute atomic E-state index is 4.81. The van der Waals surface area contributed by atoms with Crippen molar-refractivity contribution < 1.29 is 0 Å². The van der Waals surface area contributed by atoms with E-state index in [1.807, 2.05) is 41.2 Å². The molecule has 0 atom stereocenters. The normalized spacial score (nSPS) is 11.5. The van der Waals surface area contributed by atoms with Crippen molar-refractivity contribution in [3.63, 3.8) is 0 Å². The zero-order chi connectivity index (χ0) is 15.2. The molecule has 0 saturated heterocycles. The highest BCUT2D eigenvalue weighted by molar-refractivity contribution is 7.13. The van der Waals surface area contributed by atoms with E-state index >= 15 is 0 Å². The first-order chi connectivity index (χ1) is 11.4. The van der Waals surface area contributed by atoms with Gasteiger partial charge in [0, 0.05) is 40.4 Å². The van der Waals surface area contributed by atoms with Gasteiger partial charge in [-0.1, -0.05) is 18.2 Å². The molecule has 0 bridgehead atoms. The third-order valence-corrected chi connectivity index (χ3v) is 4.75. The molecule has 0 saturated carbocycles. The SMILES string of the molecule is c1ccc2c(-c3nc(-c4cnc5ncccn45)cs3)c[nH]c2c1. The number of para-hydroxylation sites is 1. The third kappa shape index (κ3) is 1.89. The number of H-pyrrole nitrogens is 1. The molecule has 5 aromatic rings. The van der Waals surface area contributed by atoms with E-state index < -0.39 is 0 Å². The van der Waals surface area contributed by atoms with E-state index in [0.717, 1.165) is 27.5 Å². The fraction of sp³-hybridized carbons (Fsp3) is 0. The van der Waals surface area contributed by atoms with Crippen LogP contribution in [0.25, 0.3) is 38.6 Å². The van der Waals surface area contributed by atoms with Crippen LogP contribution in [0.4, 0.5) is 0 Å². The van der Waals surface area contributed by atoms with Gasteiger partial charge in [-0.25, -0.2) is 15.0 Å². The van der Waals surface area contributed by atoms with E-state index in [-0.39, 0.29) is 0 Å². The van der Waals surface area contributed by atoms with Crippen LogP contribution in [0.2, 0.25) is 0 Å². The Morgan fingerprint density at radius 2 is 2.04 bits per heavy atom. The average molecular weight is 317 g/mol. The molecule has 5 rings (SSSR count). The first-order valence-corrected chi connectivity index (χ1v) is 8.08. The zero-order valence-corrected chi connectivity index (χ0v) is 12.8. The maximum Gasteiger partial charge on any atom is 0.234 e. The minimum atomic E-state index is 0.684. The van der Waals surface area contributed by atoms with Gasteiger partial charge < -0.3 is 4.98 Å². The van der Waals surface area contributed by atoms with Gasteiger partial charge in [-0.15, -0.1) is 11.3 Å². The predicted molar refractivity (Wildman–Crippen MR) is 91.4 cm³/mol. The lowest BCUT2D eigenvalue weighted by atomic mass is 10.2. The average Bonchev–Trinajstić information content (AvgIpc) is 3.31. The number of aromatic nitrogens is 5. The summed E-state index contributed by atoms with van der Waals surface area (Å²) in [5.41, 5.74) is 4.12. The lowest BCUT2D eigenvalue weighted by molar-refractivity contribution is 1.11. The topological polar surface area (TPSA) is 58.9 Å². The van der Waals surface area contributed by atoms with Crippen LogP contribution >= 0.6 is 11.3 Å². The Bertz CT molecular complexity index is 1050. The highest BCUT2D eigenvalue weighted by atomic mass is 32.1. The summed E-state index contributed by atoms with van der Waals surface area (Å²) < 4.78 is 1.95. The predicted octanol–water partition coefficient (Wildman–Crippen LogP) is 4.00. The van der Waals surface area contributed by atoms with Crippen LogP contribution in [0.1, 0.15) is 0 Å². The molecular weight excluding hydrogens is 306 g/mol. The molecule has 5 nitrogen and oxygen atoms in total. The maximum atomic E-state index is 4.81. The molecule has 0 aliphatic heterocycles. The Labute approximate surface area is 135 Å². The van der Waals surface area contributed by atoms with E-state index in [0.29, 0.717) is 5.78 Å². The monoisotopic (exact) mass is 317 g/mol. The van der Waals surface area contributed by atoms with Gasteiger partial charge in [0.25, 0.3) is 0 Å². The molecule has 6 heteroatoms. The third-order valence-electron chi connectivity index (χ3n) is 3.87. The molecule has 1 N–H and O–H groups in total. The largest absolute Gasteiger partial charge is 0.360 e. The lowest BCUT2D eigenvalue weighted by Crippen LogP contribution is -1.89. The van der Waals surface area contributed by atoms with Crippen LogP contribution in [-0.2, 0) is 0 Å². The molecule has 0 fully saturated rings. The lowest BCUT2D eigenvalue weighted by Gasteiger charge is -1.96. The minimum Gasteiger partial charge on any atom is -0.360 e. The van der Waals surface area contributed by atoms with Crippen molar-refractivity contribution in [3.05, 3.63) is 60.5 Å². The molecule has 0 unspecified atom stereocenters. The molecule has 23 heavy (non-hydrogen) atoms. The molecule has 0 radical (unpaired) electrons. The molecule has 0 spiro atoms. The Morgan fingerprint density at radius 3 is 3.04 bits per heavy atom. The van der Waals surface area contributed by atoms with E-state index in [9.17, 15) is 0 Å². The summed E-state index contributed by atoms with van der Waals surface area (Å²) in [6, 6.07) is 10.2. The summed E-state index contributed by atoms with van der Waals surface area (Å²) in [4.78, 5) is 16.7. The van der Waals surface area contributed by atoms with Gasteiger partial charge in [0.1, 0.15) is 10.7 Å². The van der Waals surface area contributed by atoms with Crippen molar-refractivity contribution >= 4 is 28.0 Å². The molecule has 4 aromatic heterocycles. The minimum absolute atomic E-state index is 0.684. The van der Waals surface area contributed by atoms with Crippen molar-refractivity contribution in [2.75, 3.05) is 0 Å². The summed E-state index contributed by atoms with van der Waals surface area (Å²) in [6.07, 6.45) is 7.53. The second kappa shape index (κ2) is 4.76. The number of thiazole rings is 1. The fourth-order valence-corrected chi connectivity index (χ4v) is 3.62. The van der Waals surface area contributed by atoms with Gasteiger partial charge in [-0.2, -0.15) is 0 Å². The number of nitrogens with one attached hydrogen (secondary N) is 1. The van der Waals surface area contributed by atoms with Crippen LogP contribution in [0.3, 0.4) is 0 Å². The summed E-state index contributed by atoms with van der Waals surface area (Å²) in [6.45, 7) is 0. The zero-order valence-electron chi connectivity index (χ0n) is 12.0. The van der Waals surface area contributed by atoms with Crippen LogP contribution in [0, 0.1) is 0 Å². The number of rotatable bonds is 2. The van der Waals surface area contributed by atoms with E-state index in [2.05, 4.69) is 32.5 Å². The number of fused-ring (bicyclic) bond motifs is 2. The summed E-state index contributed by atoms with van der Waals surface area (Å²) in [5.74, 6) is 0.684. The number of benzene rings is 1. The van der Waals surface area contributed by atoms with Gasteiger partial charge in [-0.3, -0.25) is 4.40 Å². The van der Waals surface area contributed by atoms with Crippen molar-refractivity contribution in [2.45, 2.75) is 0 Å². The molecule has 0 amide bonds.